The molecule has 0 atom stereocenters. The van der Waals surface area contributed by atoms with Crippen molar-refractivity contribution in [3.63, 3.8) is 0 Å². The highest BCUT2D eigenvalue weighted by Gasteiger charge is 2.24. The molecule has 1 aromatic rings. The second-order valence-electron chi connectivity index (χ2n) is 4.23. The zero-order chi connectivity index (χ0) is 12.4. The predicted molar refractivity (Wildman–Crippen MR) is 59.1 cm³/mol. The molecule has 0 unspecified atom stereocenters. The molecule has 2 rings (SSSR count). The van der Waals surface area contributed by atoms with Gasteiger partial charge in [0.25, 0.3) is 0 Å². The van der Waals surface area contributed by atoms with Crippen LogP contribution in [0.25, 0.3) is 0 Å². The monoisotopic (exact) mass is 244 g/mol. The quantitative estimate of drug-likeness (QED) is 0.814. The molecular formula is C12H15F3N2. The van der Waals surface area contributed by atoms with Gasteiger partial charge in [0.05, 0.1) is 0 Å². The van der Waals surface area contributed by atoms with E-state index in [-0.39, 0.29) is 5.56 Å². The topological polar surface area (TPSA) is 15.3 Å². The summed E-state index contributed by atoms with van der Waals surface area (Å²) in [5.74, 6) is -2.82. The Balaban J connectivity index is 2.13. The third kappa shape index (κ3) is 2.61. The van der Waals surface area contributed by atoms with Crippen LogP contribution >= 0.6 is 0 Å². The number of likely N-dealkylation sites (N-methyl/N-ethyl adjacent to an activating group) is 1. The Hall–Kier alpha value is -1.07. The minimum atomic E-state index is -1.14. The van der Waals surface area contributed by atoms with Crippen molar-refractivity contribution in [2.24, 2.45) is 0 Å². The van der Waals surface area contributed by atoms with Crippen LogP contribution in [0.2, 0.25) is 0 Å². The molecule has 0 saturated carbocycles. The molecule has 0 radical (unpaired) electrons. The third-order valence-electron chi connectivity index (χ3n) is 3.15. The van der Waals surface area contributed by atoms with E-state index >= 15 is 0 Å². The van der Waals surface area contributed by atoms with E-state index < -0.39 is 17.5 Å². The van der Waals surface area contributed by atoms with Crippen LogP contribution in [0.1, 0.15) is 12.5 Å². The molecule has 1 saturated heterocycles. The number of nitrogens with zero attached hydrogens (tertiary/aromatic N) is 1. The van der Waals surface area contributed by atoms with Gasteiger partial charge in [-0.05, 0) is 12.6 Å². The van der Waals surface area contributed by atoms with Gasteiger partial charge in [-0.3, -0.25) is 4.90 Å². The molecule has 94 valence electrons. The standard InChI is InChI=1S/C12H15F3N2/c1-2-17(9-5-16-6-9)7-8-3-11(14)12(15)4-10(8)13/h3-4,9,16H,2,5-7H2,1H3. The number of hydrogen-bond acceptors (Lipinski definition) is 2. The number of rotatable bonds is 4. The summed E-state index contributed by atoms with van der Waals surface area (Å²) in [5.41, 5.74) is 0.206. The minimum Gasteiger partial charge on any atom is -0.314 e. The van der Waals surface area contributed by atoms with Crippen molar-refractivity contribution in [1.29, 1.82) is 0 Å². The molecule has 1 heterocycles. The third-order valence-corrected chi connectivity index (χ3v) is 3.15. The van der Waals surface area contributed by atoms with Crippen LogP contribution in [0.15, 0.2) is 12.1 Å². The summed E-state index contributed by atoms with van der Waals surface area (Å²) in [5, 5.41) is 3.13. The Morgan fingerprint density at radius 2 is 1.82 bits per heavy atom. The minimum absolute atomic E-state index is 0.206. The molecule has 0 bridgehead atoms. The van der Waals surface area contributed by atoms with Gasteiger partial charge in [0.15, 0.2) is 11.6 Å². The fourth-order valence-corrected chi connectivity index (χ4v) is 1.93. The smallest absolute Gasteiger partial charge is 0.161 e. The van der Waals surface area contributed by atoms with Crippen LogP contribution in [-0.4, -0.2) is 30.6 Å². The molecule has 5 heteroatoms. The summed E-state index contributed by atoms with van der Waals surface area (Å²) < 4.78 is 39.3. The second kappa shape index (κ2) is 5.06. The predicted octanol–water partition coefficient (Wildman–Crippen LogP) is 1.90. The molecule has 0 aliphatic carbocycles. The zero-order valence-corrected chi connectivity index (χ0v) is 9.64. The Morgan fingerprint density at radius 1 is 1.18 bits per heavy atom. The maximum atomic E-state index is 13.5. The lowest BCUT2D eigenvalue weighted by molar-refractivity contribution is 0.143. The van der Waals surface area contributed by atoms with Crippen LogP contribution in [-0.2, 0) is 6.54 Å². The largest absolute Gasteiger partial charge is 0.314 e. The molecule has 0 spiro atoms. The summed E-state index contributed by atoms with van der Waals surface area (Å²) in [7, 11) is 0. The summed E-state index contributed by atoms with van der Waals surface area (Å²) in [6.07, 6.45) is 0. The van der Waals surface area contributed by atoms with E-state index in [9.17, 15) is 13.2 Å². The maximum Gasteiger partial charge on any atom is 0.161 e. The van der Waals surface area contributed by atoms with E-state index in [2.05, 4.69) is 5.32 Å². The van der Waals surface area contributed by atoms with E-state index in [0.29, 0.717) is 18.7 Å². The highest BCUT2D eigenvalue weighted by atomic mass is 19.2. The van der Waals surface area contributed by atoms with Gasteiger partial charge in [0.1, 0.15) is 5.82 Å². The van der Waals surface area contributed by atoms with Crippen molar-refractivity contribution >= 4 is 0 Å². The molecular weight excluding hydrogens is 229 g/mol. The van der Waals surface area contributed by atoms with Gasteiger partial charge in [0, 0.05) is 37.3 Å². The molecule has 1 fully saturated rings. The Morgan fingerprint density at radius 3 is 2.35 bits per heavy atom. The van der Waals surface area contributed by atoms with Crippen LogP contribution in [0, 0.1) is 17.5 Å². The fraction of sp³-hybridized carbons (Fsp3) is 0.500. The van der Waals surface area contributed by atoms with E-state index in [1.54, 1.807) is 0 Å². The number of hydrogen-bond donors (Lipinski definition) is 1. The van der Waals surface area contributed by atoms with Gasteiger partial charge in [0.2, 0.25) is 0 Å². The van der Waals surface area contributed by atoms with Crippen molar-refractivity contribution in [3.05, 3.63) is 35.1 Å². The molecule has 0 amide bonds. The van der Waals surface area contributed by atoms with Gasteiger partial charge in [-0.2, -0.15) is 0 Å². The lowest BCUT2D eigenvalue weighted by atomic mass is 10.1. The summed E-state index contributed by atoms with van der Waals surface area (Å²) in [6, 6.07) is 1.91. The van der Waals surface area contributed by atoms with Crippen molar-refractivity contribution in [2.45, 2.75) is 19.5 Å². The number of halogens is 3. The average molecular weight is 244 g/mol. The molecule has 1 N–H and O–H groups in total. The lowest BCUT2D eigenvalue weighted by Crippen LogP contribution is -2.56. The van der Waals surface area contributed by atoms with Crippen molar-refractivity contribution in [3.8, 4) is 0 Å². The Kier molecular flexibility index (Phi) is 3.69. The van der Waals surface area contributed by atoms with Crippen LogP contribution in [0.4, 0.5) is 13.2 Å². The van der Waals surface area contributed by atoms with Crippen molar-refractivity contribution in [2.75, 3.05) is 19.6 Å². The molecule has 17 heavy (non-hydrogen) atoms. The number of nitrogens with one attached hydrogen (secondary N) is 1. The highest BCUT2D eigenvalue weighted by molar-refractivity contribution is 5.20. The van der Waals surface area contributed by atoms with E-state index in [4.69, 9.17) is 0 Å². The van der Waals surface area contributed by atoms with Gasteiger partial charge >= 0.3 is 0 Å². The van der Waals surface area contributed by atoms with E-state index in [1.807, 2.05) is 11.8 Å². The Labute approximate surface area is 98.4 Å². The first-order valence-corrected chi connectivity index (χ1v) is 5.70. The summed E-state index contributed by atoms with van der Waals surface area (Å²) in [6.45, 7) is 4.75. The van der Waals surface area contributed by atoms with Crippen LogP contribution < -0.4 is 5.32 Å². The first-order valence-electron chi connectivity index (χ1n) is 5.70. The van der Waals surface area contributed by atoms with Gasteiger partial charge < -0.3 is 5.32 Å². The first kappa shape index (κ1) is 12.4. The number of benzene rings is 1. The maximum absolute atomic E-state index is 13.5. The van der Waals surface area contributed by atoms with Gasteiger partial charge in [-0.1, -0.05) is 6.92 Å². The Bertz CT molecular complexity index is 405. The fourth-order valence-electron chi connectivity index (χ4n) is 1.93. The normalized spacial score (nSPS) is 16.3. The van der Waals surface area contributed by atoms with E-state index in [1.165, 1.54) is 0 Å². The summed E-state index contributed by atoms with van der Waals surface area (Å²) >= 11 is 0. The second-order valence-corrected chi connectivity index (χ2v) is 4.23. The zero-order valence-electron chi connectivity index (χ0n) is 9.64. The first-order chi connectivity index (χ1) is 8.11. The molecule has 1 aliphatic heterocycles. The van der Waals surface area contributed by atoms with Crippen LogP contribution in [0.3, 0.4) is 0 Å². The van der Waals surface area contributed by atoms with Gasteiger partial charge in [-0.15, -0.1) is 0 Å². The van der Waals surface area contributed by atoms with Crippen molar-refractivity contribution in [1.82, 2.24) is 10.2 Å². The molecule has 1 aromatic carbocycles. The van der Waals surface area contributed by atoms with E-state index in [0.717, 1.165) is 25.7 Å². The molecule has 1 aliphatic rings. The van der Waals surface area contributed by atoms with Crippen molar-refractivity contribution < 1.29 is 13.2 Å². The highest BCUT2D eigenvalue weighted by Crippen LogP contribution is 2.17. The molecule has 2 nitrogen and oxygen atoms in total. The average Bonchev–Trinajstić information content (AvgIpc) is 2.22. The lowest BCUT2D eigenvalue weighted by Gasteiger charge is -2.37. The summed E-state index contributed by atoms with van der Waals surface area (Å²) in [4.78, 5) is 2.05. The SMILES string of the molecule is CCN(Cc1cc(F)c(F)cc1F)C1CNC1. The molecule has 0 aromatic heterocycles. The van der Waals surface area contributed by atoms with Crippen LogP contribution in [0.5, 0.6) is 0 Å². The van der Waals surface area contributed by atoms with Gasteiger partial charge in [-0.25, -0.2) is 13.2 Å².